The molecule has 0 bridgehead atoms. The molecule has 2 aliphatic rings. The normalized spacial score (nSPS) is 22.1. The standard InChI is InChI=1S/C21H27F3N2O2/c1-14(16-9-5-10-17(13-16)21(22,23)24)25-19(27)18-11-6-12-26(18)20(28)15-7-3-2-4-8-15/h5,9-10,13-15,18H,2-4,6-8,11-12H2,1H3,(H,25,27)/t14-,18-/m1/s1. The Hall–Kier alpha value is -2.05. The molecular weight excluding hydrogens is 369 g/mol. The smallest absolute Gasteiger partial charge is 0.348 e. The second-order valence-corrected chi connectivity index (χ2v) is 7.88. The maximum absolute atomic E-state index is 12.9. The SMILES string of the molecule is C[C@@H](NC(=O)[C@H]1CCCN1C(=O)C1CCCCC1)c1cccc(C(F)(F)F)c1. The molecule has 0 radical (unpaired) electrons. The lowest BCUT2D eigenvalue weighted by Crippen LogP contribution is -2.48. The fraction of sp³-hybridized carbons (Fsp3) is 0.619. The molecule has 1 aromatic rings. The van der Waals surface area contributed by atoms with E-state index >= 15 is 0 Å². The van der Waals surface area contributed by atoms with Crippen LogP contribution in [0.15, 0.2) is 24.3 Å². The van der Waals surface area contributed by atoms with Crippen LogP contribution >= 0.6 is 0 Å². The second kappa shape index (κ2) is 8.53. The highest BCUT2D eigenvalue weighted by Gasteiger charge is 2.38. The Balaban J connectivity index is 1.65. The van der Waals surface area contributed by atoms with Gasteiger partial charge in [-0.25, -0.2) is 0 Å². The van der Waals surface area contributed by atoms with Gasteiger partial charge in [0.2, 0.25) is 11.8 Å². The highest BCUT2D eigenvalue weighted by Crippen LogP contribution is 2.31. The van der Waals surface area contributed by atoms with Crippen LogP contribution in [-0.4, -0.2) is 29.3 Å². The first-order chi connectivity index (χ1) is 13.3. The summed E-state index contributed by atoms with van der Waals surface area (Å²) in [6, 6.07) is 3.89. The van der Waals surface area contributed by atoms with Gasteiger partial charge >= 0.3 is 6.18 Å². The number of rotatable bonds is 4. The van der Waals surface area contributed by atoms with Crippen molar-refractivity contribution in [3.8, 4) is 0 Å². The number of carbonyl (C=O) groups is 2. The minimum Gasteiger partial charge on any atom is -0.348 e. The van der Waals surface area contributed by atoms with E-state index in [2.05, 4.69) is 5.32 Å². The van der Waals surface area contributed by atoms with Gasteiger partial charge in [-0.15, -0.1) is 0 Å². The Bertz CT molecular complexity index is 714. The zero-order valence-corrected chi connectivity index (χ0v) is 16.1. The molecule has 154 valence electrons. The second-order valence-electron chi connectivity index (χ2n) is 7.88. The van der Waals surface area contributed by atoms with Gasteiger partial charge in [-0.05, 0) is 50.3 Å². The molecular formula is C21H27F3N2O2. The third-order valence-corrected chi connectivity index (χ3v) is 5.87. The van der Waals surface area contributed by atoms with Gasteiger partial charge in [-0.2, -0.15) is 13.2 Å². The van der Waals surface area contributed by atoms with E-state index in [1.807, 2.05) is 0 Å². The predicted molar refractivity (Wildman–Crippen MR) is 99.3 cm³/mol. The summed E-state index contributed by atoms with van der Waals surface area (Å²) in [6.07, 6.45) is 1.96. The summed E-state index contributed by atoms with van der Waals surface area (Å²) in [5.41, 5.74) is -0.340. The molecule has 1 aliphatic carbocycles. The Labute approximate surface area is 163 Å². The molecule has 4 nitrogen and oxygen atoms in total. The molecule has 1 saturated heterocycles. The summed E-state index contributed by atoms with van der Waals surface area (Å²) >= 11 is 0. The van der Waals surface area contributed by atoms with Crippen LogP contribution in [0.1, 0.15) is 69.0 Å². The molecule has 3 rings (SSSR count). The van der Waals surface area contributed by atoms with Crippen LogP contribution < -0.4 is 5.32 Å². The largest absolute Gasteiger partial charge is 0.416 e. The van der Waals surface area contributed by atoms with E-state index in [0.717, 1.165) is 50.7 Å². The van der Waals surface area contributed by atoms with Gasteiger partial charge in [0.15, 0.2) is 0 Å². The summed E-state index contributed by atoms with van der Waals surface area (Å²) in [7, 11) is 0. The topological polar surface area (TPSA) is 49.4 Å². The maximum Gasteiger partial charge on any atom is 0.416 e. The van der Waals surface area contributed by atoms with Crippen LogP contribution in [0.4, 0.5) is 13.2 Å². The van der Waals surface area contributed by atoms with Crippen molar-refractivity contribution in [2.75, 3.05) is 6.54 Å². The minimum absolute atomic E-state index is 0.00282. The number of amides is 2. The first-order valence-electron chi connectivity index (χ1n) is 10.1. The van der Waals surface area contributed by atoms with Crippen molar-refractivity contribution in [2.45, 2.75) is 70.1 Å². The Morgan fingerprint density at radius 1 is 1.11 bits per heavy atom. The van der Waals surface area contributed by atoms with Crippen molar-refractivity contribution < 1.29 is 22.8 Å². The van der Waals surface area contributed by atoms with E-state index in [-0.39, 0.29) is 17.7 Å². The average Bonchev–Trinajstić information content (AvgIpc) is 3.17. The number of hydrogen-bond donors (Lipinski definition) is 1. The number of nitrogens with one attached hydrogen (secondary N) is 1. The van der Waals surface area contributed by atoms with Crippen molar-refractivity contribution >= 4 is 11.8 Å². The van der Waals surface area contributed by atoms with Crippen molar-refractivity contribution in [1.29, 1.82) is 0 Å². The molecule has 2 atom stereocenters. The summed E-state index contributed by atoms with van der Waals surface area (Å²) < 4.78 is 38.8. The molecule has 1 saturated carbocycles. The van der Waals surface area contributed by atoms with Gasteiger partial charge in [0.25, 0.3) is 0 Å². The number of likely N-dealkylation sites (tertiary alicyclic amines) is 1. The van der Waals surface area contributed by atoms with Crippen molar-refractivity contribution in [1.82, 2.24) is 10.2 Å². The van der Waals surface area contributed by atoms with E-state index in [9.17, 15) is 22.8 Å². The van der Waals surface area contributed by atoms with Gasteiger partial charge in [-0.3, -0.25) is 9.59 Å². The first kappa shape index (κ1) is 20.7. The fourth-order valence-electron chi connectivity index (χ4n) is 4.26. The van der Waals surface area contributed by atoms with Gasteiger partial charge in [0, 0.05) is 12.5 Å². The molecule has 1 heterocycles. The lowest BCUT2D eigenvalue weighted by Gasteiger charge is -2.30. The van der Waals surface area contributed by atoms with Gasteiger partial charge < -0.3 is 10.2 Å². The summed E-state index contributed by atoms with van der Waals surface area (Å²) in [6.45, 7) is 2.24. The zero-order valence-electron chi connectivity index (χ0n) is 16.1. The van der Waals surface area contributed by atoms with Crippen LogP contribution in [0.5, 0.6) is 0 Å². The van der Waals surface area contributed by atoms with E-state index in [1.54, 1.807) is 17.9 Å². The van der Waals surface area contributed by atoms with Crippen molar-refractivity contribution in [3.63, 3.8) is 0 Å². The van der Waals surface area contributed by atoms with Crippen LogP contribution in [0, 0.1) is 5.92 Å². The number of alkyl halides is 3. The predicted octanol–water partition coefficient (Wildman–Crippen LogP) is 4.45. The van der Waals surface area contributed by atoms with Crippen LogP contribution in [0.2, 0.25) is 0 Å². The number of benzene rings is 1. The lowest BCUT2D eigenvalue weighted by molar-refractivity contribution is -0.142. The minimum atomic E-state index is -4.42. The van der Waals surface area contributed by atoms with Gasteiger partial charge in [0.1, 0.15) is 6.04 Å². The Kier molecular flexibility index (Phi) is 6.30. The highest BCUT2D eigenvalue weighted by molar-refractivity contribution is 5.89. The summed E-state index contributed by atoms with van der Waals surface area (Å²) in [5, 5.41) is 2.80. The van der Waals surface area contributed by atoms with Crippen molar-refractivity contribution in [2.24, 2.45) is 5.92 Å². The highest BCUT2D eigenvalue weighted by atomic mass is 19.4. The maximum atomic E-state index is 12.9. The fourth-order valence-corrected chi connectivity index (χ4v) is 4.26. The third kappa shape index (κ3) is 4.67. The average molecular weight is 396 g/mol. The molecule has 1 aromatic carbocycles. The lowest BCUT2D eigenvalue weighted by atomic mass is 9.88. The summed E-state index contributed by atoms with van der Waals surface area (Å²) in [4.78, 5) is 27.3. The first-order valence-corrected chi connectivity index (χ1v) is 10.1. The van der Waals surface area contributed by atoms with Crippen molar-refractivity contribution in [3.05, 3.63) is 35.4 Å². The van der Waals surface area contributed by atoms with E-state index in [0.29, 0.717) is 18.5 Å². The molecule has 1 aliphatic heterocycles. The third-order valence-electron chi connectivity index (χ3n) is 5.87. The van der Waals surface area contributed by atoms with E-state index in [1.165, 1.54) is 6.07 Å². The number of nitrogens with zero attached hydrogens (tertiary/aromatic N) is 1. The molecule has 1 N–H and O–H groups in total. The van der Waals surface area contributed by atoms with Crippen LogP contribution in [0.3, 0.4) is 0 Å². The molecule has 0 spiro atoms. The van der Waals surface area contributed by atoms with Gasteiger partial charge in [0.05, 0.1) is 11.6 Å². The van der Waals surface area contributed by atoms with Gasteiger partial charge in [-0.1, -0.05) is 31.4 Å². The number of hydrogen-bond acceptors (Lipinski definition) is 2. The Morgan fingerprint density at radius 3 is 2.50 bits per heavy atom. The summed E-state index contributed by atoms with van der Waals surface area (Å²) in [5.74, 6) is -0.223. The van der Waals surface area contributed by atoms with Crippen LogP contribution in [-0.2, 0) is 15.8 Å². The van der Waals surface area contributed by atoms with E-state index < -0.39 is 23.8 Å². The zero-order chi connectivity index (χ0) is 20.3. The molecule has 0 aromatic heterocycles. The monoisotopic (exact) mass is 396 g/mol. The molecule has 2 amide bonds. The quantitative estimate of drug-likeness (QED) is 0.817. The van der Waals surface area contributed by atoms with Crippen LogP contribution in [0.25, 0.3) is 0 Å². The molecule has 7 heteroatoms. The van der Waals surface area contributed by atoms with E-state index in [4.69, 9.17) is 0 Å². The Morgan fingerprint density at radius 2 is 1.82 bits per heavy atom. The number of halogens is 3. The molecule has 2 fully saturated rings. The number of carbonyl (C=O) groups excluding carboxylic acids is 2. The molecule has 28 heavy (non-hydrogen) atoms. The molecule has 0 unspecified atom stereocenters.